The normalized spacial score (nSPS) is 13.3. The van der Waals surface area contributed by atoms with Crippen LogP contribution in [0.15, 0.2) is 28.6 Å². The molecule has 0 spiro atoms. The minimum atomic E-state index is -3.87. The molecule has 5 nitrogen and oxygen atoms in total. The van der Waals surface area contributed by atoms with Crippen molar-refractivity contribution in [3.05, 3.63) is 24.3 Å². The summed E-state index contributed by atoms with van der Waals surface area (Å²) in [4.78, 5) is 15.8. The first kappa shape index (κ1) is 14.9. The highest BCUT2D eigenvalue weighted by molar-refractivity contribution is 7.92. The molecule has 20 heavy (non-hydrogen) atoms. The van der Waals surface area contributed by atoms with Crippen LogP contribution in [0.4, 0.5) is 0 Å². The second kappa shape index (κ2) is 5.88. The van der Waals surface area contributed by atoms with E-state index in [1.165, 1.54) is 0 Å². The Hall–Kier alpha value is -1.47. The Kier molecular flexibility index (Phi) is 4.39. The van der Waals surface area contributed by atoms with Crippen LogP contribution < -0.4 is 4.72 Å². The Morgan fingerprint density at radius 1 is 1.40 bits per heavy atom. The summed E-state index contributed by atoms with van der Waals surface area (Å²) in [5.41, 5.74) is 0.618. The van der Waals surface area contributed by atoms with Crippen LogP contribution >= 0.6 is 11.3 Å². The SMILES string of the molecule is CCC(C)CC(=O)NS(=O)(=O)c1nc2ccccc2s1. The third-order valence-electron chi connectivity index (χ3n) is 2.98. The second-order valence-electron chi connectivity index (χ2n) is 4.69. The summed E-state index contributed by atoms with van der Waals surface area (Å²) in [6.07, 6.45) is 1.02. The fourth-order valence-electron chi connectivity index (χ4n) is 1.66. The van der Waals surface area contributed by atoms with Gasteiger partial charge in [-0.05, 0) is 18.1 Å². The molecule has 0 aliphatic carbocycles. The van der Waals surface area contributed by atoms with Crippen LogP contribution in [0.5, 0.6) is 0 Å². The van der Waals surface area contributed by atoms with E-state index in [1.807, 2.05) is 19.9 Å². The summed E-state index contributed by atoms with van der Waals surface area (Å²) < 4.78 is 27.0. The maximum atomic E-state index is 12.1. The first-order chi connectivity index (χ1) is 9.42. The number of sulfonamides is 1. The quantitative estimate of drug-likeness (QED) is 0.920. The van der Waals surface area contributed by atoms with E-state index < -0.39 is 15.9 Å². The van der Waals surface area contributed by atoms with Gasteiger partial charge in [0.25, 0.3) is 10.0 Å². The third-order valence-corrected chi connectivity index (χ3v) is 5.77. The van der Waals surface area contributed by atoms with Crippen molar-refractivity contribution in [2.75, 3.05) is 0 Å². The lowest BCUT2D eigenvalue weighted by Gasteiger charge is -2.08. The van der Waals surface area contributed by atoms with Gasteiger partial charge in [0.2, 0.25) is 10.2 Å². The molecule has 1 aromatic carbocycles. The van der Waals surface area contributed by atoms with Gasteiger partial charge in [-0.3, -0.25) is 4.79 Å². The van der Waals surface area contributed by atoms with Gasteiger partial charge >= 0.3 is 0 Å². The fourth-order valence-corrected chi connectivity index (χ4v) is 3.88. The van der Waals surface area contributed by atoms with Gasteiger partial charge in [-0.15, -0.1) is 11.3 Å². The summed E-state index contributed by atoms with van der Waals surface area (Å²) in [5, 5.41) is 0. The number of thiazole rings is 1. The molecule has 0 aliphatic heterocycles. The van der Waals surface area contributed by atoms with Gasteiger partial charge in [0, 0.05) is 6.42 Å². The van der Waals surface area contributed by atoms with Crippen LogP contribution in [0.1, 0.15) is 26.7 Å². The molecule has 0 fully saturated rings. The van der Waals surface area contributed by atoms with Crippen LogP contribution in [0.3, 0.4) is 0 Å². The minimum absolute atomic E-state index is 0.0730. The van der Waals surface area contributed by atoms with Crippen molar-refractivity contribution >= 4 is 37.5 Å². The summed E-state index contributed by atoms with van der Waals surface area (Å²) in [6.45, 7) is 3.86. The van der Waals surface area contributed by atoms with E-state index in [4.69, 9.17) is 0 Å². The molecule has 1 aromatic heterocycles. The van der Waals surface area contributed by atoms with Crippen molar-refractivity contribution < 1.29 is 13.2 Å². The van der Waals surface area contributed by atoms with Gasteiger partial charge in [-0.1, -0.05) is 32.4 Å². The van der Waals surface area contributed by atoms with Gasteiger partial charge in [0.15, 0.2) is 0 Å². The van der Waals surface area contributed by atoms with Gasteiger partial charge in [0.1, 0.15) is 0 Å². The number of nitrogens with one attached hydrogen (secondary N) is 1. The Morgan fingerprint density at radius 2 is 2.10 bits per heavy atom. The standard InChI is InChI=1S/C13H16N2O3S2/c1-3-9(2)8-12(16)15-20(17,18)13-14-10-6-4-5-7-11(10)19-13/h4-7,9H,3,8H2,1-2H3,(H,15,16). The summed E-state index contributed by atoms with van der Waals surface area (Å²) >= 11 is 1.06. The summed E-state index contributed by atoms with van der Waals surface area (Å²) in [5.74, 6) is -0.334. The Morgan fingerprint density at radius 3 is 2.75 bits per heavy atom. The van der Waals surface area contributed by atoms with Crippen LogP contribution in [0.25, 0.3) is 10.2 Å². The van der Waals surface area contributed by atoms with E-state index in [1.54, 1.807) is 18.2 Å². The summed E-state index contributed by atoms with van der Waals surface area (Å²) in [6, 6.07) is 7.15. The second-order valence-corrected chi connectivity index (χ2v) is 7.58. The molecule has 0 aliphatic rings. The fraction of sp³-hybridized carbons (Fsp3) is 0.385. The van der Waals surface area contributed by atoms with Crippen molar-refractivity contribution in [3.8, 4) is 0 Å². The van der Waals surface area contributed by atoms with Gasteiger partial charge in [-0.2, -0.15) is 8.42 Å². The number of benzene rings is 1. The number of carbonyl (C=O) groups excluding carboxylic acids is 1. The van der Waals surface area contributed by atoms with Gasteiger partial charge < -0.3 is 0 Å². The van der Waals surface area contributed by atoms with E-state index in [0.717, 1.165) is 22.5 Å². The van der Waals surface area contributed by atoms with Crippen molar-refractivity contribution in [2.24, 2.45) is 5.92 Å². The van der Waals surface area contributed by atoms with Crippen molar-refractivity contribution in [1.29, 1.82) is 0 Å². The van der Waals surface area contributed by atoms with Crippen LogP contribution in [0.2, 0.25) is 0 Å². The Bertz CT molecular complexity index is 689. The number of aromatic nitrogens is 1. The first-order valence-electron chi connectivity index (χ1n) is 6.33. The molecule has 1 heterocycles. The van der Waals surface area contributed by atoms with Gasteiger partial charge in [-0.25, -0.2) is 9.71 Å². The zero-order valence-corrected chi connectivity index (χ0v) is 12.9. The maximum absolute atomic E-state index is 12.1. The highest BCUT2D eigenvalue weighted by Gasteiger charge is 2.22. The lowest BCUT2D eigenvalue weighted by Crippen LogP contribution is -2.31. The number of hydrogen-bond acceptors (Lipinski definition) is 5. The average molecular weight is 312 g/mol. The average Bonchev–Trinajstić information content (AvgIpc) is 2.82. The van der Waals surface area contributed by atoms with Crippen molar-refractivity contribution in [3.63, 3.8) is 0 Å². The highest BCUT2D eigenvalue weighted by atomic mass is 32.2. The van der Waals surface area contributed by atoms with E-state index in [9.17, 15) is 13.2 Å². The predicted molar refractivity (Wildman–Crippen MR) is 79.0 cm³/mol. The van der Waals surface area contributed by atoms with E-state index >= 15 is 0 Å². The molecule has 0 saturated heterocycles. The van der Waals surface area contributed by atoms with Crippen molar-refractivity contribution in [2.45, 2.75) is 31.0 Å². The minimum Gasteiger partial charge on any atom is -0.274 e. The third kappa shape index (κ3) is 3.34. The molecule has 0 bridgehead atoms. The highest BCUT2D eigenvalue weighted by Crippen LogP contribution is 2.24. The molecule has 2 aromatic rings. The Balaban J connectivity index is 2.20. The van der Waals surface area contributed by atoms with Crippen LogP contribution in [-0.4, -0.2) is 19.3 Å². The van der Waals surface area contributed by atoms with Crippen molar-refractivity contribution in [1.82, 2.24) is 9.71 Å². The molecular formula is C13H16N2O3S2. The molecule has 0 radical (unpaired) electrons. The zero-order chi connectivity index (χ0) is 14.8. The topological polar surface area (TPSA) is 76.1 Å². The lowest BCUT2D eigenvalue weighted by atomic mass is 10.1. The molecule has 1 atom stereocenters. The zero-order valence-electron chi connectivity index (χ0n) is 11.3. The Labute approximate surface area is 122 Å². The number of carbonyl (C=O) groups is 1. The largest absolute Gasteiger partial charge is 0.291 e. The monoisotopic (exact) mass is 312 g/mol. The molecule has 0 saturated carbocycles. The molecular weight excluding hydrogens is 296 g/mol. The molecule has 1 amide bonds. The number of nitrogens with zero attached hydrogens (tertiary/aromatic N) is 1. The number of para-hydroxylation sites is 1. The number of amides is 1. The number of hydrogen-bond donors (Lipinski definition) is 1. The first-order valence-corrected chi connectivity index (χ1v) is 8.63. The lowest BCUT2D eigenvalue weighted by molar-refractivity contribution is -0.120. The molecule has 7 heteroatoms. The van der Waals surface area contributed by atoms with Crippen LogP contribution in [-0.2, 0) is 14.8 Å². The molecule has 1 unspecified atom stereocenters. The number of rotatable bonds is 5. The smallest absolute Gasteiger partial charge is 0.274 e. The predicted octanol–water partition coefficient (Wildman–Crippen LogP) is 2.54. The summed E-state index contributed by atoms with van der Waals surface area (Å²) in [7, 11) is -3.87. The van der Waals surface area contributed by atoms with Crippen LogP contribution in [0, 0.1) is 5.92 Å². The van der Waals surface area contributed by atoms with Gasteiger partial charge in [0.05, 0.1) is 10.2 Å². The molecule has 1 N–H and O–H groups in total. The van der Waals surface area contributed by atoms with E-state index in [0.29, 0.717) is 5.52 Å². The number of fused-ring (bicyclic) bond motifs is 1. The van der Waals surface area contributed by atoms with E-state index in [2.05, 4.69) is 9.71 Å². The maximum Gasteiger partial charge on any atom is 0.291 e. The molecule has 2 rings (SSSR count). The molecule has 108 valence electrons. The van der Waals surface area contributed by atoms with E-state index in [-0.39, 0.29) is 16.7 Å².